The number of nitro benzene ring substituents is 1. The van der Waals surface area contributed by atoms with Crippen molar-refractivity contribution < 1.29 is 19.2 Å². The average molecular weight is 377 g/mol. The summed E-state index contributed by atoms with van der Waals surface area (Å²) in [5, 5.41) is 10.7. The van der Waals surface area contributed by atoms with Gasteiger partial charge in [0.2, 0.25) is 0 Å². The second-order valence-corrected chi connectivity index (χ2v) is 5.32. The zero-order chi connectivity index (χ0) is 13.8. The minimum Gasteiger partial charge on any atom is -0.459 e. The third-order valence-corrected chi connectivity index (χ3v) is 3.75. The first-order chi connectivity index (χ1) is 9.08. The Bertz CT molecular complexity index is 499. The van der Waals surface area contributed by atoms with E-state index in [0.29, 0.717) is 10.2 Å². The second-order valence-electron chi connectivity index (χ2n) is 4.15. The molecule has 0 radical (unpaired) electrons. The summed E-state index contributed by atoms with van der Waals surface area (Å²) in [7, 11) is 0. The van der Waals surface area contributed by atoms with Crippen LogP contribution in [0.4, 0.5) is 5.69 Å². The molecule has 0 saturated carbocycles. The average Bonchev–Trinajstić information content (AvgIpc) is 2.89. The Hall–Kier alpha value is -1.22. The molecular weight excluding hydrogens is 365 g/mol. The van der Waals surface area contributed by atoms with Crippen molar-refractivity contribution in [1.29, 1.82) is 0 Å². The zero-order valence-electron chi connectivity index (χ0n) is 10.0. The maximum absolute atomic E-state index is 11.9. The summed E-state index contributed by atoms with van der Waals surface area (Å²) in [6.45, 7) is 0.883. The Kier molecular flexibility index (Phi) is 4.70. The van der Waals surface area contributed by atoms with Crippen LogP contribution in [-0.4, -0.2) is 30.2 Å². The molecule has 1 unspecified atom stereocenters. The van der Waals surface area contributed by atoms with Crippen LogP contribution in [0.5, 0.6) is 0 Å². The lowest BCUT2D eigenvalue weighted by Gasteiger charge is -2.10. The van der Waals surface area contributed by atoms with Crippen molar-refractivity contribution in [2.75, 3.05) is 13.2 Å². The van der Waals surface area contributed by atoms with E-state index in [0.717, 1.165) is 12.8 Å². The summed E-state index contributed by atoms with van der Waals surface area (Å²) in [5.74, 6) is -0.552. The Balaban J connectivity index is 2.04. The molecule has 0 aliphatic carbocycles. The summed E-state index contributed by atoms with van der Waals surface area (Å²) < 4.78 is 11.1. The number of benzene rings is 1. The molecule has 7 heteroatoms. The lowest BCUT2D eigenvalue weighted by atomic mass is 10.2. The van der Waals surface area contributed by atoms with Crippen molar-refractivity contribution in [2.45, 2.75) is 18.9 Å². The van der Waals surface area contributed by atoms with Gasteiger partial charge in [0.15, 0.2) is 0 Å². The molecule has 0 bridgehead atoms. The van der Waals surface area contributed by atoms with Gasteiger partial charge in [-0.2, -0.15) is 0 Å². The number of ether oxygens (including phenoxy) is 2. The van der Waals surface area contributed by atoms with Crippen molar-refractivity contribution in [3.05, 3.63) is 37.4 Å². The lowest BCUT2D eigenvalue weighted by molar-refractivity contribution is -0.384. The van der Waals surface area contributed by atoms with E-state index in [1.165, 1.54) is 18.2 Å². The van der Waals surface area contributed by atoms with E-state index in [2.05, 4.69) is 0 Å². The van der Waals surface area contributed by atoms with Gasteiger partial charge in [0.1, 0.15) is 6.61 Å². The Morgan fingerprint density at radius 1 is 1.58 bits per heavy atom. The van der Waals surface area contributed by atoms with Gasteiger partial charge in [-0.05, 0) is 41.5 Å². The molecule has 1 aliphatic heterocycles. The van der Waals surface area contributed by atoms with Crippen LogP contribution in [0.2, 0.25) is 0 Å². The summed E-state index contributed by atoms with van der Waals surface area (Å²) in [5.41, 5.74) is 0.0947. The number of hydrogen-bond donors (Lipinski definition) is 0. The smallest absolute Gasteiger partial charge is 0.339 e. The molecule has 6 nitrogen and oxygen atoms in total. The van der Waals surface area contributed by atoms with E-state index < -0.39 is 10.9 Å². The first-order valence-electron chi connectivity index (χ1n) is 5.80. The molecule has 1 heterocycles. The highest BCUT2D eigenvalue weighted by Gasteiger charge is 2.20. The van der Waals surface area contributed by atoms with Crippen LogP contribution in [0.15, 0.2) is 18.2 Å². The van der Waals surface area contributed by atoms with Gasteiger partial charge in [-0.25, -0.2) is 4.79 Å². The summed E-state index contributed by atoms with van der Waals surface area (Å²) in [6.07, 6.45) is 1.79. The van der Waals surface area contributed by atoms with Crippen LogP contribution in [0.25, 0.3) is 0 Å². The third kappa shape index (κ3) is 3.63. The predicted octanol–water partition coefficient (Wildman–Crippen LogP) is 2.54. The van der Waals surface area contributed by atoms with E-state index in [-0.39, 0.29) is 24.0 Å². The van der Waals surface area contributed by atoms with E-state index in [9.17, 15) is 14.9 Å². The Morgan fingerprint density at radius 3 is 3.00 bits per heavy atom. The minimum atomic E-state index is -0.552. The van der Waals surface area contributed by atoms with Crippen molar-refractivity contribution >= 4 is 34.2 Å². The largest absolute Gasteiger partial charge is 0.459 e. The summed E-state index contributed by atoms with van der Waals surface area (Å²) >= 11 is 1.95. The van der Waals surface area contributed by atoms with Gasteiger partial charge >= 0.3 is 5.97 Å². The van der Waals surface area contributed by atoms with Crippen LogP contribution in [0, 0.1) is 13.7 Å². The molecule has 1 saturated heterocycles. The molecular formula is C12H12INO5. The van der Waals surface area contributed by atoms with E-state index >= 15 is 0 Å². The SMILES string of the molecule is O=C(OCC1CCCO1)c1cc([N+](=O)[O-])ccc1I. The number of rotatable bonds is 4. The standard InChI is InChI=1S/C12H12INO5/c13-11-4-3-8(14(16)17)6-10(11)12(15)19-7-9-2-1-5-18-9/h3-4,6,9H,1-2,5,7H2. The van der Waals surface area contributed by atoms with E-state index in [4.69, 9.17) is 9.47 Å². The Morgan fingerprint density at radius 2 is 2.37 bits per heavy atom. The maximum Gasteiger partial charge on any atom is 0.339 e. The number of hydrogen-bond acceptors (Lipinski definition) is 5. The number of carbonyl (C=O) groups excluding carboxylic acids is 1. The van der Waals surface area contributed by atoms with Gasteiger partial charge in [0.05, 0.1) is 16.6 Å². The van der Waals surface area contributed by atoms with Crippen molar-refractivity contribution in [3.63, 3.8) is 0 Å². The number of non-ortho nitro benzene ring substituents is 1. The number of nitrogens with zero attached hydrogens (tertiary/aromatic N) is 1. The molecule has 2 rings (SSSR count). The molecule has 1 atom stereocenters. The number of nitro groups is 1. The molecule has 0 amide bonds. The van der Waals surface area contributed by atoms with Gasteiger partial charge in [-0.15, -0.1) is 0 Å². The van der Waals surface area contributed by atoms with Crippen molar-refractivity contribution in [2.24, 2.45) is 0 Å². The Labute approximate surface area is 123 Å². The first-order valence-corrected chi connectivity index (χ1v) is 6.88. The highest BCUT2D eigenvalue weighted by atomic mass is 127. The molecule has 1 aromatic rings. The molecule has 0 N–H and O–H groups in total. The van der Waals surface area contributed by atoms with Crippen LogP contribution in [0.1, 0.15) is 23.2 Å². The molecule has 1 aliphatic rings. The molecule has 1 aromatic carbocycles. The minimum absolute atomic E-state index is 0.0553. The lowest BCUT2D eigenvalue weighted by Crippen LogP contribution is -2.18. The highest BCUT2D eigenvalue weighted by Crippen LogP contribution is 2.21. The summed E-state index contributed by atoms with van der Waals surface area (Å²) in [6, 6.07) is 4.12. The molecule has 0 aromatic heterocycles. The third-order valence-electron chi connectivity index (χ3n) is 2.80. The molecule has 0 spiro atoms. The molecule has 19 heavy (non-hydrogen) atoms. The van der Waals surface area contributed by atoms with Gasteiger partial charge in [0, 0.05) is 22.3 Å². The number of esters is 1. The monoisotopic (exact) mass is 377 g/mol. The highest BCUT2D eigenvalue weighted by molar-refractivity contribution is 14.1. The topological polar surface area (TPSA) is 78.7 Å². The zero-order valence-corrected chi connectivity index (χ0v) is 12.2. The van der Waals surface area contributed by atoms with E-state index in [1.807, 2.05) is 22.6 Å². The molecule has 102 valence electrons. The van der Waals surface area contributed by atoms with Gasteiger partial charge in [0.25, 0.3) is 5.69 Å². The van der Waals surface area contributed by atoms with Crippen LogP contribution < -0.4 is 0 Å². The fourth-order valence-corrected chi connectivity index (χ4v) is 2.36. The van der Waals surface area contributed by atoms with Crippen LogP contribution in [0.3, 0.4) is 0 Å². The fourth-order valence-electron chi connectivity index (χ4n) is 1.81. The van der Waals surface area contributed by atoms with Gasteiger partial charge in [-0.3, -0.25) is 10.1 Å². The van der Waals surface area contributed by atoms with Crippen LogP contribution in [-0.2, 0) is 9.47 Å². The normalized spacial score (nSPS) is 18.3. The quantitative estimate of drug-likeness (QED) is 0.349. The van der Waals surface area contributed by atoms with E-state index in [1.54, 1.807) is 0 Å². The van der Waals surface area contributed by atoms with Crippen LogP contribution >= 0.6 is 22.6 Å². The van der Waals surface area contributed by atoms with Crippen molar-refractivity contribution in [3.8, 4) is 0 Å². The number of carbonyl (C=O) groups is 1. The maximum atomic E-state index is 11.9. The second kappa shape index (κ2) is 6.29. The predicted molar refractivity (Wildman–Crippen MR) is 75.1 cm³/mol. The van der Waals surface area contributed by atoms with Crippen molar-refractivity contribution in [1.82, 2.24) is 0 Å². The number of halogens is 1. The van der Waals surface area contributed by atoms with Gasteiger partial charge in [-0.1, -0.05) is 0 Å². The van der Waals surface area contributed by atoms with Gasteiger partial charge < -0.3 is 9.47 Å². The molecule has 1 fully saturated rings. The first kappa shape index (κ1) is 14.2. The summed E-state index contributed by atoms with van der Waals surface area (Å²) in [4.78, 5) is 22.0. The fraction of sp³-hybridized carbons (Fsp3) is 0.417.